The molecular weight excluding hydrogens is 268 g/mol. The van der Waals surface area contributed by atoms with E-state index in [1.54, 1.807) is 0 Å². The second-order valence-electron chi connectivity index (χ2n) is 5.69. The molecule has 1 aliphatic rings. The van der Waals surface area contributed by atoms with Crippen molar-refractivity contribution in [2.24, 2.45) is 0 Å². The Morgan fingerprint density at radius 2 is 1.81 bits per heavy atom. The number of rotatable bonds is 5. The number of benzene rings is 1. The quantitative estimate of drug-likeness (QED) is 0.779. The summed E-state index contributed by atoms with van der Waals surface area (Å²) in [5.74, 6) is -0.871. The van der Waals surface area contributed by atoms with Gasteiger partial charge >= 0.3 is 12.0 Å². The van der Waals surface area contributed by atoms with E-state index in [1.807, 2.05) is 24.3 Å². The average Bonchev–Trinajstić information content (AvgIpc) is 2.86. The van der Waals surface area contributed by atoms with Crippen LogP contribution < -0.4 is 10.6 Å². The maximum Gasteiger partial charge on any atom is 0.319 e. The molecule has 0 radical (unpaired) electrons. The molecule has 0 heterocycles. The molecule has 1 aliphatic carbocycles. The Balaban J connectivity index is 1.97. The van der Waals surface area contributed by atoms with Gasteiger partial charge in [-0.1, -0.05) is 31.9 Å². The molecule has 114 valence electrons. The number of carboxylic acid groups (broad SMARTS) is 1. The van der Waals surface area contributed by atoms with Crippen LogP contribution in [0.5, 0.6) is 0 Å². The minimum atomic E-state index is -0.871. The number of carbonyl (C=O) groups excluding carboxylic acids is 1. The van der Waals surface area contributed by atoms with Crippen molar-refractivity contribution in [2.45, 2.75) is 51.0 Å². The first-order valence-corrected chi connectivity index (χ1v) is 7.43. The molecule has 0 atom stereocenters. The minimum absolute atomic E-state index is 0.0187. The smallest absolute Gasteiger partial charge is 0.319 e. The van der Waals surface area contributed by atoms with Gasteiger partial charge in [-0.25, -0.2) is 4.79 Å². The number of amides is 2. The van der Waals surface area contributed by atoms with Gasteiger partial charge in [-0.15, -0.1) is 0 Å². The lowest BCUT2D eigenvalue weighted by Crippen LogP contribution is -2.49. The Hall–Kier alpha value is -2.04. The summed E-state index contributed by atoms with van der Waals surface area (Å²) in [5, 5.41) is 14.7. The summed E-state index contributed by atoms with van der Waals surface area (Å²) in [6.07, 6.45) is 4.30. The van der Waals surface area contributed by atoms with Gasteiger partial charge in [-0.05, 0) is 37.0 Å². The maximum atomic E-state index is 12.1. The van der Waals surface area contributed by atoms with E-state index in [9.17, 15) is 9.59 Å². The molecule has 1 aromatic rings. The van der Waals surface area contributed by atoms with E-state index in [4.69, 9.17) is 5.11 Å². The number of hydrogen-bond donors (Lipinski definition) is 3. The number of carbonyl (C=O) groups is 2. The summed E-state index contributed by atoms with van der Waals surface area (Å²) in [6.45, 7) is 2.07. The van der Waals surface area contributed by atoms with Crippen LogP contribution in [0.3, 0.4) is 0 Å². The number of nitrogens with one attached hydrogen (secondary N) is 2. The van der Waals surface area contributed by atoms with Gasteiger partial charge in [0.25, 0.3) is 0 Å². The standard InChI is InChI=1S/C16H22N2O3/c1-2-12-5-7-13(8-6-12)17-15(21)18-16(11-14(19)20)9-3-4-10-16/h5-8H,2-4,9-11H2,1H3,(H,19,20)(H2,17,18,21). The number of anilines is 1. The summed E-state index contributed by atoms with van der Waals surface area (Å²) in [6, 6.07) is 7.33. The van der Waals surface area contributed by atoms with Gasteiger partial charge in [-0.3, -0.25) is 4.79 Å². The Kier molecular flexibility index (Phi) is 4.83. The minimum Gasteiger partial charge on any atom is -0.481 e. The van der Waals surface area contributed by atoms with E-state index < -0.39 is 11.5 Å². The second-order valence-corrected chi connectivity index (χ2v) is 5.69. The third kappa shape index (κ3) is 4.21. The molecule has 1 aromatic carbocycles. The lowest BCUT2D eigenvalue weighted by Gasteiger charge is -2.28. The van der Waals surface area contributed by atoms with E-state index in [0.717, 1.165) is 32.1 Å². The fraction of sp³-hybridized carbons (Fsp3) is 0.500. The van der Waals surface area contributed by atoms with Gasteiger partial charge in [0, 0.05) is 5.69 Å². The zero-order chi connectivity index (χ0) is 15.3. The van der Waals surface area contributed by atoms with E-state index in [0.29, 0.717) is 5.69 Å². The zero-order valence-corrected chi connectivity index (χ0v) is 12.3. The highest BCUT2D eigenvalue weighted by atomic mass is 16.4. The Morgan fingerprint density at radius 3 is 2.33 bits per heavy atom. The summed E-state index contributed by atoms with van der Waals surface area (Å²) < 4.78 is 0. The van der Waals surface area contributed by atoms with Crippen LogP contribution >= 0.6 is 0 Å². The molecule has 0 saturated heterocycles. The van der Waals surface area contributed by atoms with Crippen molar-refractivity contribution in [2.75, 3.05) is 5.32 Å². The van der Waals surface area contributed by atoms with Gasteiger partial charge in [0.2, 0.25) is 0 Å². The van der Waals surface area contributed by atoms with Gasteiger partial charge in [-0.2, -0.15) is 0 Å². The molecule has 2 rings (SSSR count). The van der Waals surface area contributed by atoms with Crippen LogP contribution in [-0.4, -0.2) is 22.6 Å². The van der Waals surface area contributed by atoms with Crippen LogP contribution in [0.2, 0.25) is 0 Å². The molecule has 0 aliphatic heterocycles. The van der Waals surface area contributed by atoms with Crippen molar-refractivity contribution in [1.82, 2.24) is 5.32 Å². The number of hydrogen-bond acceptors (Lipinski definition) is 2. The lowest BCUT2D eigenvalue weighted by molar-refractivity contribution is -0.138. The number of aliphatic carboxylic acids is 1. The predicted molar refractivity (Wildman–Crippen MR) is 81.4 cm³/mol. The normalized spacial score (nSPS) is 16.4. The Labute approximate surface area is 124 Å². The first-order chi connectivity index (χ1) is 10.0. The maximum absolute atomic E-state index is 12.1. The lowest BCUT2D eigenvalue weighted by atomic mass is 9.93. The van der Waals surface area contributed by atoms with E-state index in [2.05, 4.69) is 17.6 Å². The Bertz CT molecular complexity index is 505. The Morgan fingerprint density at radius 1 is 1.19 bits per heavy atom. The highest BCUT2D eigenvalue weighted by molar-refractivity contribution is 5.90. The number of carboxylic acids is 1. The van der Waals surface area contributed by atoms with Crippen molar-refractivity contribution < 1.29 is 14.7 Å². The monoisotopic (exact) mass is 290 g/mol. The van der Waals surface area contributed by atoms with Crippen molar-refractivity contribution >= 4 is 17.7 Å². The summed E-state index contributed by atoms with van der Waals surface area (Å²) in [5.41, 5.74) is 1.33. The molecule has 21 heavy (non-hydrogen) atoms. The fourth-order valence-electron chi connectivity index (χ4n) is 2.91. The average molecular weight is 290 g/mol. The topological polar surface area (TPSA) is 78.4 Å². The highest BCUT2D eigenvalue weighted by Crippen LogP contribution is 2.32. The van der Waals surface area contributed by atoms with Crippen molar-refractivity contribution in [3.63, 3.8) is 0 Å². The van der Waals surface area contributed by atoms with Crippen LogP contribution in [0.25, 0.3) is 0 Å². The van der Waals surface area contributed by atoms with Crippen LogP contribution in [0.15, 0.2) is 24.3 Å². The fourth-order valence-corrected chi connectivity index (χ4v) is 2.91. The molecule has 3 N–H and O–H groups in total. The molecular formula is C16H22N2O3. The summed E-state index contributed by atoms with van der Waals surface area (Å²) in [4.78, 5) is 23.1. The van der Waals surface area contributed by atoms with Gasteiger partial charge < -0.3 is 15.7 Å². The molecule has 0 aromatic heterocycles. The van der Waals surface area contributed by atoms with Crippen LogP contribution in [0.1, 0.15) is 44.6 Å². The first kappa shape index (κ1) is 15.4. The SMILES string of the molecule is CCc1ccc(NC(=O)NC2(CC(=O)O)CCCC2)cc1. The van der Waals surface area contributed by atoms with Crippen LogP contribution in [0, 0.1) is 0 Å². The van der Waals surface area contributed by atoms with Crippen LogP contribution in [0.4, 0.5) is 10.5 Å². The van der Waals surface area contributed by atoms with Crippen molar-refractivity contribution in [3.8, 4) is 0 Å². The largest absolute Gasteiger partial charge is 0.481 e. The van der Waals surface area contributed by atoms with E-state index in [1.165, 1.54) is 5.56 Å². The van der Waals surface area contributed by atoms with Crippen molar-refractivity contribution in [3.05, 3.63) is 29.8 Å². The van der Waals surface area contributed by atoms with Gasteiger partial charge in [0.15, 0.2) is 0 Å². The zero-order valence-electron chi connectivity index (χ0n) is 12.3. The molecule has 0 spiro atoms. The van der Waals surface area contributed by atoms with E-state index >= 15 is 0 Å². The molecule has 0 bridgehead atoms. The molecule has 1 fully saturated rings. The summed E-state index contributed by atoms with van der Waals surface area (Å²) >= 11 is 0. The third-order valence-electron chi connectivity index (χ3n) is 4.05. The number of aryl methyl sites for hydroxylation is 1. The molecule has 5 nitrogen and oxygen atoms in total. The highest BCUT2D eigenvalue weighted by Gasteiger charge is 2.37. The van der Waals surface area contributed by atoms with E-state index in [-0.39, 0.29) is 12.5 Å². The van der Waals surface area contributed by atoms with Gasteiger partial charge in [0.1, 0.15) is 0 Å². The molecule has 2 amide bonds. The second kappa shape index (κ2) is 6.61. The summed E-state index contributed by atoms with van der Waals surface area (Å²) in [7, 11) is 0. The van der Waals surface area contributed by atoms with Gasteiger partial charge in [0.05, 0.1) is 12.0 Å². The molecule has 0 unspecified atom stereocenters. The van der Waals surface area contributed by atoms with Crippen LogP contribution in [-0.2, 0) is 11.2 Å². The number of urea groups is 1. The third-order valence-corrected chi connectivity index (χ3v) is 4.05. The van der Waals surface area contributed by atoms with Crippen molar-refractivity contribution in [1.29, 1.82) is 0 Å². The molecule has 5 heteroatoms. The molecule has 1 saturated carbocycles. The first-order valence-electron chi connectivity index (χ1n) is 7.43. The predicted octanol–water partition coefficient (Wildman–Crippen LogP) is 3.16.